The van der Waals surface area contributed by atoms with E-state index in [1.54, 1.807) is 31.2 Å². The molecule has 2 aromatic carbocycles. The maximum Gasteiger partial charge on any atom is 0.327 e. The van der Waals surface area contributed by atoms with Crippen LogP contribution in [0.4, 0.5) is 5.69 Å². The summed E-state index contributed by atoms with van der Waals surface area (Å²) in [7, 11) is -4.20. The zero-order chi connectivity index (χ0) is 21.8. The van der Waals surface area contributed by atoms with Crippen LogP contribution in [0.5, 0.6) is 0 Å². The van der Waals surface area contributed by atoms with E-state index in [0.29, 0.717) is 10.6 Å². The molecular formula is C19H21ClN2O6S. The number of carbonyl (C=O) groups is 1. The van der Waals surface area contributed by atoms with E-state index in [9.17, 15) is 23.3 Å². The summed E-state index contributed by atoms with van der Waals surface area (Å²) in [6.07, 6.45) is 0. The predicted octanol–water partition coefficient (Wildman–Crippen LogP) is 3.78. The Labute approximate surface area is 174 Å². The van der Waals surface area contributed by atoms with E-state index in [1.807, 2.05) is 0 Å². The first kappa shape index (κ1) is 22.8. The first-order valence-electron chi connectivity index (χ1n) is 8.69. The lowest BCUT2D eigenvalue weighted by Gasteiger charge is -2.35. The molecule has 0 radical (unpaired) electrons. The molecule has 2 rings (SSSR count). The summed E-state index contributed by atoms with van der Waals surface area (Å²) < 4.78 is 32.8. The van der Waals surface area contributed by atoms with Crippen molar-refractivity contribution in [3.05, 3.63) is 69.2 Å². The molecule has 0 saturated carbocycles. The summed E-state index contributed by atoms with van der Waals surface area (Å²) in [5.74, 6) is -0.709. The van der Waals surface area contributed by atoms with Gasteiger partial charge >= 0.3 is 5.97 Å². The first-order chi connectivity index (χ1) is 13.5. The quantitative estimate of drug-likeness (QED) is 0.351. The van der Waals surface area contributed by atoms with Crippen LogP contribution < -0.4 is 0 Å². The van der Waals surface area contributed by atoms with Gasteiger partial charge in [0, 0.05) is 23.7 Å². The number of esters is 1. The summed E-state index contributed by atoms with van der Waals surface area (Å²) in [5.41, 5.74) is -1.16. The lowest BCUT2D eigenvalue weighted by Crippen LogP contribution is -2.53. The SMILES string of the molecule is CCOC(=O)C(C)(C)N(Cc1ccc(Cl)cc1)S(=O)(=O)c1ccc([N+](=O)[O-])cc1. The second-order valence-corrected chi connectivity index (χ2v) is 8.97. The van der Waals surface area contributed by atoms with Gasteiger partial charge in [-0.1, -0.05) is 23.7 Å². The number of nitrogens with zero attached hydrogens (tertiary/aromatic N) is 2. The largest absolute Gasteiger partial charge is 0.465 e. The van der Waals surface area contributed by atoms with Gasteiger partial charge in [-0.25, -0.2) is 8.42 Å². The molecule has 0 aliphatic rings. The van der Waals surface area contributed by atoms with Crippen molar-refractivity contribution in [1.82, 2.24) is 4.31 Å². The van der Waals surface area contributed by atoms with Crippen LogP contribution in [0.2, 0.25) is 5.02 Å². The van der Waals surface area contributed by atoms with Gasteiger partial charge in [0.05, 0.1) is 16.4 Å². The molecule has 0 aromatic heterocycles. The Hall–Kier alpha value is -2.49. The van der Waals surface area contributed by atoms with Crippen LogP contribution in [0.3, 0.4) is 0 Å². The van der Waals surface area contributed by atoms with Crippen molar-refractivity contribution in [1.29, 1.82) is 0 Å². The minimum Gasteiger partial charge on any atom is -0.465 e. The molecule has 0 fully saturated rings. The molecule has 0 amide bonds. The number of benzene rings is 2. The van der Waals surface area contributed by atoms with Crippen LogP contribution in [-0.4, -0.2) is 35.8 Å². The zero-order valence-corrected chi connectivity index (χ0v) is 17.7. The Morgan fingerprint density at radius 2 is 1.69 bits per heavy atom. The van der Waals surface area contributed by atoms with Crippen molar-refractivity contribution in [3.8, 4) is 0 Å². The number of halogens is 1. The number of nitro benzene ring substituents is 1. The fraction of sp³-hybridized carbons (Fsp3) is 0.316. The maximum atomic E-state index is 13.4. The van der Waals surface area contributed by atoms with Gasteiger partial charge in [0.25, 0.3) is 5.69 Å². The van der Waals surface area contributed by atoms with Crippen molar-refractivity contribution in [2.24, 2.45) is 0 Å². The van der Waals surface area contributed by atoms with Crippen molar-refractivity contribution in [3.63, 3.8) is 0 Å². The minimum atomic E-state index is -4.20. The topological polar surface area (TPSA) is 107 Å². The zero-order valence-electron chi connectivity index (χ0n) is 16.2. The average Bonchev–Trinajstić information content (AvgIpc) is 2.67. The van der Waals surface area contributed by atoms with Gasteiger partial charge in [-0.2, -0.15) is 4.31 Å². The molecule has 8 nitrogen and oxygen atoms in total. The Kier molecular flexibility index (Phi) is 6.99. The molecule has 0 aliphatic carbocycles. The Morgan fingerprint density at radius 3 is 2.17 bits per heavy atom. The number of non-ortho nitro benzene ring substituents is 1. The number of nitro groups is 1. The number of ether oxygens (including phenoxy) is 1. The van der Waals surface area contributed by atoms with Crippen LogP contribution in [0, 0.1) is 10.1 Å². The minimum absolute atomic E-state index is 0.0919. The molecule has 0 bridgehead atoms. The second-order valence-electron chi connectivity index (χ2n) is 6.67. The molecule has 0 heterocycles. The van der Waals surface area contributed by atoms with Gasteiger partial charge in [-0.3, -0.25) is 14.9 Å². The van der Waals surface area contributed by atoms with Crippen molar-refractivity contribution in [2.45, 2.75) is 37.8 Å². The second kappa shape index (κ2) is 8.89. The molecule has 0 aliphatic heterocycles. The lowest BCUT2D eigenvalue weighted by molar-refractivity contribution is -0.384. The maximum absolute atomic E-state index is 13.4. The fourth-order valence-corrected chi connectivity index (χ4v) is 4.47. The highest BCUT2D eigenvalue weighted by molar-refractivity contribution is 7.89. The monoisotopic (exact) mass is 440 g/mol. The summed E-state index contributed by atoms with van der Waals surface area (Å²) in [6.45, 7) is 4.49. The predicted molar refractivity (Wildman–Crippen MR) is 108 cm³/mol. The molecule has 0 unspecified atom stereocenters. The Balaban J connectivity index is 2.53. The van der Waals surface area contributed by atoms with Crippen molar-refractivity contribution >= 4 is 33.3 Å². The van der Waals surface area contributed by atoms with Crippen LogP contribution >= 0.6 is 11.6 Å². The summed E-state index contributed by atoms with van der Waals surface area (Å²) >= 11 is 5.89. The van der Waals surface area contributed by atoms with Gasteiger partial charge in [-0.05, 0) is 50.6 Å². The number of rotatable bonds is 8. The van der Waals surface area contributed by atoms with E-state index >= 15 is 0 Å². The molecule has 156 valence electrons. The van der Waals surface area contributed by atoms with Crippen molar-refractivity contribution in [2.75, 3.05) is 6.61 Å². The highest BCUT2D eigenvalue weighted by Gasteiger charge is 2.44. The fourth-order valence-electron chi connectivity index (χ4n) is 2.62. The smallest absolute Gasteiger partial charge is 0.327 e. The third-order valence-electron chi connectivity index (χ3n) is 4.27. The number of hydrogen-bond donors (Lipinski definition) is 0. The van der Waals surface area contributed by atoms with Crippen molar-refractivity contribution < 1.29 is 22.9 Å². The molecule has 0 spiro atoms. The van der Waals surface area contributed by atoms with Crippen LogP contribution in [-0.2, 0) is 26.1 Å². The molecular weight excluding hydrogens is 420 g/mol. The first-order valence-corrected chi connectivity index (χ1v) is 10.5. The summed E-state index contributed by atoms with van der Waals surface area (Å²) in [4.78, 5) is 22.6. The molecule has 0 atom stereocenters. The summed E-state index contributed by atoms with van der Waals surface area (Å²) in [5, 5.41) is 11.3. The number of carbonyl (C=O) groups excluding carboxylic acids is 1. The average molecular weight is 441 g/mol. The van der Waals surface area contributed by atoms with Gasteiger partial charge in [-0.15, -0.1) is 0 Å². The molecule has 2 aromatic rings. The normalized spacial score (nSPS) is 12.0. The molecule has 0 N–H and O–H groups in total. The van der Waals surface area contributed by atoms with E-state index in [4.69, 9.17) is 16.3 Å². The Bertz CT molecular complexity index is 988. The highest BCUT2D eigenvalue weighted by Crippen LogP contribution is 2.29. The van der Waals surface area contributed by atoms with E-state index in [2.05, 4.69) is 0 Å². The lowest BCUT2D eigenvalue weighted by atomic mass is 10.1. The van der Waals surface area contributed by atoms with Gasteiger partial charge in [0.1, 0.15) is 5.54 Å². The molecule has 0 saturated heterocycles. The number of sulfonamides is 1. The third-order valence-corrected chi connectivity index (χ3v) is 6.56. The third kappa shape index (κ3) is 5.11. The van der Waals surface area contributed by atoms with E-state index in [0.717, 1.165) is 28.6 Å². The Morgan fingerprint density at radius 1 is 1.14 bits per heavy atom. The summed E-state index contributed by atoms with van der Waals surface area (Å²) in [6, 6.07) is 11.0. The van der Waals surface area contributed by atoms with E-state index in [1.165, 1.54) is 13.8 Å². The standard InChI is InChI=1S/C19H21ClN2O6S/c1-4-28-18(23)19(2,3)21(13-14-5-7-15(20)8-6-14)29(26,27)17-11-9-16(10-12-17)22(24)25/h5-12H,4,13H2,1-3H3. The van der Waals surface area contributed by atoms with Crippen LogP contribution in [0.1, 0.15) is 26.3 Å². The highest BCUT2D eigenvalue weighted by atomic mass is 35.5. The van der Waals surface area contributed by atoms with Gasteiger partial charge in [0.15, 0.2) is 0 Å². The molecule has 10 heteroatoms. The van der Waals surface area contributed by atoms with Crippen LogP contribution in [0.25, 0.3) is 0 Å². The molecule has 29 heavy (non-hydrogen) atoms. The number of hydrogen-bond acceptors (Lipinski definition) is 6. The van der Waals surface area contributed by atoms with Gasteiger partial charge < -0.3 is 4.74 Å². The van der Waals surface area contributed by atoms with E-state index < -0.39 is 26.5 Å². The van der Waals surface area contributed by atoms with E-state index in [-0.39, 0.29) is 23.7 Å². The van der Waals surface area contributed by atoms with Gasteiger partial charge in [0.2, 0.25) is 10.0 Å². The van der Waals surface area contributed by atoms with Crippen LogP contribution in [0.15, 0.2) is 53.4 Å².